The summed E-state index contributed by atoms with van der Waals surface area (Å²) in [7, 11) is 2.45. The van der Waals surface area contributed by atoms with Crippen LogP contribution >= 0.6 is 15.9 Å². The Labute approximate surface area is 344 Å². The average Bonchev–Trinajstić information content (AvgIpc) is 3.37. The van der Waals surface area contributed by atoms with E-state index in [4.69, 9.17) is 33.0 Å². The summed E-state index contributed by atoms with van der Waals surface area (Å²) in [6, 6.07) is 10.4. The van der Waals surface area contributed by atoms with E-state index in [0.717, 1.165) is 72.8 Å². The lowest BCUT2D eigenvalue weighted by Gasteiger charge is -2.32. The van der Waals surface area contributed by atoms with Crippen LogP contribution in [0.15, 0.2) is 59.5 Å². The minimum Gasteiger partial charge on any atom is -0.465 e. The molecule has 0 amide bonds. The Hall–Kier alpha value is -3.16. The third-order valence-corrected chi connectivity index (χ3v) is 10.9. The number of halogens is 1. The van der Waals surface area contributed by atoms with E-state index in [2.05, 4.69) is 103 Å². The molecule has 0 spiro atoms. The molecule has 3 heterocycles. The van der Waals surface area contributed by atoms with Crippen molar-refractivity contribution in [1.82, 2.24) is 0 Å². The zero-order chi connectivity index (χ0) is 42.1. The molecule has 3 aliphatic rings. The van der Waals surface area contributed by atoms with Gasteiger partial charge < -0.3 is 37.7 Å². The number of methoxy groups -OCH3 is 2. The molecule has 10 nitrogen and oxygen atoms in total. The van der Waals surface area contributed by atoms with Crippen LogP contribution in [0.3, 0.4) is 0 Å². The molecule has 56 heavy (non-hydrogen) atoms. The number of allylic oxidation sites excluding steroid dienone is 2. The largest absolute Gasteiger partial charge is 0.490 e. The fourth-order valence-electron chi connectivity index (χ4n) is 5.59. The van der Waals surface area contributed by atoms with Crippen LogP contribution in [-0.4, -0.2) is 70.3 Å². The molecule has 0 bridgehead atoms. The molecular weight excluding hydrogens is 779 g/mol. The lowest BCUT2D eigenvalue weighted by atomic mass is 9.66. The molecule has 0 aromatic heterocycles. The van der Waals surface area contributed by atoms with Crippen molar-refractivity contribution in [1.29, 1.82) is 0 Å². The number of rotatable bonds is 8. The maximum Gasteiger partial charge on any atom is 0.490 e. The third kappa shape index (κ3) is 13.2. The number of esters is 2. The molecule has 3 aliphatic heterocycles. The predicted octanol–water partition coefficient (Wildman–Crippen LogP) is 10.8. The van der Waals surface area contributed by atoms with Gasteiger partial charge in [-0.3, -0.25) is 0 Å². The maximum absolute atomic E-state index is 11.8. The van der Waals surface area contributed by atoms with E-state index < -0.39 is 0 Å². The fraction of sp³-hybridized carbons (Fsp3) is 0.591. The van der Waals surface area contributed by atoms with Crippen LogP contribution in [0.25, 0.3) is 5.57 Å². The van der Waals surface area contributed by atoms with Crippen LogP contribution < -0.4 is 9.47 Å². The summed E-state index contributed by atoms with van der Waals surface area (Å²) in [5.74, 6) is 0.642. The Balaban J connectivity index is 0.000000231. The highest BCUT2D eigenvalue weighted by atomic mass is 79.9. The number of benzene rings is 2. The van der Waals surface area contributed by atoms with Crippen molar-refractivity contribution in [3.05, 3.63) is 76.2 Å². The normalized spacial score (nSPS) is 20.3. The SMILES string of the molecule is C=C(B1OC(C)(C)C(C)(C)O1)C(C)(C)C.C=C(c1cc(C(=O)OC)ccc1OC1CCCCO1)C(C)(C)C.COC(=O)c1ccc(OC2CCCCO2)c(Br)c1. The van der Waals surface area contributed by atoms with Crippen molar-refractivity contribution in [2.24, 2.45) is 10.8 Å². The molecule has 310 valence electrons. The first kappa shape index (κ1) is 47.2. The highest BCUT2D eigenvalue weighted by molar-refractivity contribution is 9.10. The summed E-state index contributed by atoms with van der Waals surface area (Å²) < 4.78 is 45.0. The van der Waals surface area contributed by atoms with Crippen molar-refractivity contribution in [3.8, 4) is 11.5 Å². The Kier molecular flexibility index (Phi) is 16.9. The number of hydrogen-bond acceptors (Lipinski definition) is 10. The Morgan fingerprint density at radius 2 is 1.16 bits per heavy atom. The summed E-state index contributed by atoms with van der Waals surface area (Å²) in [5.41, 5.74) is 3.05. The first-order chi connectivity index (χ1) is 26.0. The zero-order valence-corrected chi connectivity index (χ0v) is 37.3. The molecule has 2 atom stereocenters. The predicted molar refractivity (Wildman–Crippen MR) is 225 cm³/mol. The molecule has 3 saturated heterocycles. The number of hydrogen-bond donors (Lipinski definition) is 0. The van der Waals surface area contributed by atoms with E-state index in [1.54, 1.807) is 36.4 Å². The van der Waals surface area contributed by atoms with Gasteiger partial charge in [0, 0.05) is 18.4 Å². The van der Waals surface area contributed by atoms with Crippen LogP contribution in [0, 0.1) is 10.8 Å². The van der Waals surface area contributed by atoms with Crippen LogP contribution in [-0.2, 0) is 28.3 Å². The number of ether oxygens (including phenoxy) is 6. The third-order valence-electron chi connectivity index (χ3n) is 10.3. The zero-order valence-electron chi connectivity index (χ0n) is 35.7. The second-order valence-corrected chi connectivity index (χ2v) is 18.1. The van der Waals surface area contributed by atoms with E-state index >= 15 is 0 Å². The van der Waals surface area contributed by atoms with Gasteiger partial charge in [-0.25, -0.2) is 9.59 Å². The highest BCUT2D eigenvalue weighted by Crippen LogP contribution is 2.42. The lowest BCUT2D eigenvalue weighted by molar-refractivity contribution is -0.106. The lowest BCUT2D eigenvalue weighted by Crippen LogP contribution is -2.41. The van der Waals surface area contributed by atoms with Crippen LogP contribution in [0.1, 0.15) is 134 Å². The standard InChI is InChI=1S/C19H26O4.C13H15BrO4.C12H23BO2/c1-13(19(2,3)4)15-12-14(18(20)21-5)9-10-16(15)23-17-8-6-7-11-22-17;1-16-13(15)9-5-6-11(10(14)8-9)18-12-4-2-3-7-17-12;1-9(10(2,3)4)13-14-11(5,6)12(7,8)15-13/h9-10,12,17H,1,6-8,11H2,2-5H3;5-6,8,12H,2-4,7H2,1H3;1H2,2-8H3. The fourth-order valence-corrected chi connectivity index (χ4v) is 6.06. The Morgan fingerprint density at radius 3 is 1.55 bits per heavy atom. The summed E-state index contributed by atoms with van der Waals surface area (Å²) in [6.45, 7) is 30.6. The molecule has 5 rings (SSSR count). The van der Waals surface area contributed by atoms with Gasteiger partial charge in [-0.05, 0) is 128 Å². The molecule has 0 radical (unpaired) electrons. The van der Waals surface area contributed by atoms with Gasteiger partial charge in [0.15, 0.2) is 12.6 Å². The highest BCUT2D eigenvalue weighted by Gasteiger charge is 2.53. The monoisotopic (exact) mass is 842 g/mol. The minimum absolute atomic E-state index is 0.0150. The summed E-state index contributed by atoms with van der Waals surface area (Å²) in [5, 5.41) is 0. The van der Waals surface area contributed by atoms with Crippen molar-refractivity contribution < 1.29 is 47.3 Å². The molecule has 2 aromatic carbocycles. The van der Waals surface area contributed by atoms with Gasteiger partial charge in [0.2, 0.25) is 0 Å². The van der Waals surface area contributed by atoms with Crippen molar-refractivity contribution in [2.45, 2.75) is 132 Å². The van der Waals surface area contributed by atoms with Gasteiger partial charge in [-0.1, -0.05) is 48.1 Å². The topological polar surface area (TPSA) is 108 Å². The molecule has 2 unspecified atom stereocenters. The minimum atomic E-state index is -0.367. The number of carbonyl (C=O) groups is 2. The quantitative estimate of drug-likeness (QED) is 0.188. The van der Waals surface area contributed by atoms with Gasteiger partial charge >= 0.3 is 19.1 Å². The number of carbonyl (C=O) groups excluding carboxylic acids is 2. The molecule has 2 aromatic rings. The van der Waals surface area contributed by atoms with E-state index in [-0.39, 0.29) is 53.7 Å². The summed E-state index contributed by atoms with van der Waals surface area (Å²) in [6.07, 6.45) is 5.71. The molecule has 3 fully saturated rings. The van der Waals surface area contributed by atoms with Gasteiger partial charge in [-0.15, -0.1) is 6.58 Å². The molecular formula is C44H64BBrO10. The average molecular weight is 844 g/mol. The van der Waals surface area contributed by atoms with Gasteiger partial charge in [0.05, 0.1) is 54.2 Å². The second kappa shape index (κ2) is 20.0. The first-order valence-electron chi connectivity index (χ1n) is 19.4. The molecule has 12 heteroatoms. The van der Waals surface area contributed by atoms with E-state index in [9.17, 15) is 9.59 Å². The van der Waals surface area contributed by atoms with Crippen LogP contribution in [0.2, 0.25) is 0 Å². The first-order valence-corrected chi connectivity index (χ1v) is 20.2. The Bertz CT molecular complexity index is 1640. The smallest absolute Gasteiger partial charge is 0.465 e. The van der Waals surface area contributed by atoms with Crippen molar-refractivity contribution >= 4 is 40.6 Å². The molecule has 0 saturated carbocycles. The molecule has 0 aliphatic carbocycles. The van der Waals surface area contributed by atoms with Crippen molar-refractivity contribution in [3.63, 3.8) is 0 Å². The second-order valence-electron chi connectivity index (χ2n) is 17.3. The van der Waals surface area contributed by atoms with Crippen molar-refractivity contribution in [2.75, 3.05) is 27.4 Å². The summed E-state index contributed by atoms with van der Waals surface area (Å²) in [4.78, 5) is 23.2. The van der Waals surface area contributed by atoms with Gasteiger partial charge in [0.25, 0.3) is 0 Å². The van der Waals surface area contributed by atoms with Gasteiger partial charge in [-0.2, -0.15) is 0 Å². The Morgan fingerprint density at radius 1 is 0.714 bits per heavy atom. The molecule has 0 N–H and O–H groups in total. The van der Waals surface area contributed by atoms with E-state index in [1.165, 1.54) is 14.2 Å². The summed E-state index contributed by atoms with van der Waals surface area (Å²) >= 11 is 3.38. The van der Waals surface area contributed by atoms with E-state index in [1.807, 2.05) is 0 Å². The van der Waals surface area contributed by atoms with Gasteiger partial charge in [0.1, 0.15) is 11.5 Å². The van der Waals surface area contributed by atoms with E-state index in [0.29, 0.717) is 22.6 Å². The van der Waals surface area contributed by atoms with Crippen LogP contribution in [0.4, 0.5) is 0 Å². The van der Waals surface area contributed by atoms with Crippen LogP contribution in [0.5, 0.6) is 11.5 Å². The maximum atomic E-state index is 11.8.